The second-order valence-corrected chi connectivity index (χ2v) is 7.32. The number of pyridine rings is 1. The van der Waals surface area contributed by atoms with E-state index in [2.05, 4.69) is 4.98 Å². The molecule has 9 heteroatoms. The average molecular weight is 375 g/mol. The Labute approximate surface area is 143 Å². The minimum absolute atomic E-state index is 0.0243. The van der Waals surface area contributed by atoms with Gasteiger partial charge >= 0.3 is 6.18 Å². The van der Waals surface area contributed by atoms with E-state index in [1.807, 2.05) is 0 Å². The lowest BCUT2D eigenvalue weighted by molar-refractivity contribution is -0.137. The summed E-state index contributed by atoms with van der Waals surface area (Å²) >= 11 is 0. The molecule has 0 aliphatic carbocycles. The summed E-state index contributed by atoms with van der Waals surface area (Å²) in [4.78, 5) is 3.69. The summed E-state index contributed by atoms with van der Waals surface area (Å²) < 4.78 is 67.6. The first-order valence-corrected chi connectivity index (χ1v) is 9.13. The number of ether oxygens (including phenoxy) is 1. The first-order chi connectivity index (χ1) is 11.6. The van der Waals surface area contributed by atoms with Crippen molar-refractivity contribution in [3.63, 3.8) is 0 Å². The maximum Gasteiger partial charge on any atom is 0.417 e. The van der Waals surface area contributed by atoms with Crippen molar-refractivity contribution >= 4 is 9.84 Å². The van der Waals surface area contributed by atoms with Crippen molar-refractivity contribution in [2.75, 3.05) is 19.5 Å². The zero-order valence-electron chi connectivity index (χ0n) is 13.2. The summed E-state index contributed by atoms with van der Waals surface area (Å²) in [5.74, 6) is -0.0629. The highest BCUT2D eigenvalue weighted by molar-refractivity contribution is 7.90. The van der Waals surface area contributed by atoms with Crippen LogP contribution in [0.2, 0.25) is 0 Å². The molecule has 0 spiro atoms. The van der Waals surface area contributed by atoms with Gasteiger partial charge in [0.25, 0.3) is 0 Å². The molecule has 136 valence electrons. The van der Waals surface area contributed by atoms with E-state index < -0.39 is 21.6 Å². The van der Waals surface area contributed by atoms with Gasteiger partial charge in [0.2, 0.25) is 5.88 Å². The molecule has 0 amide bonds. The molecule has 0 unspecified atom stereocenters. The fraction of sp³-hybridized carbons (Fsp3) is 0.312. The minimum atomic E-state index is -4.60. The number of sulfone groups is 1. The fourth-order valence-corrected chi connectivity index (χ4v) is 2.72. The largest absolute Gasteiger partial charge is 0.477 e. The highest BCUT2D eigenvalue weighted by atomic mass is 32.2. The van der Waals surface area contributed by atoms with Crippen LogP contribution in [-0.4, -0.2) is 38.0 Å². The van der Waals surface area contributed by atoms with Crippen LogP contribution in [0.5, 0.6) is 5.88 Å². The predicted molar refractivity (Wildman–Crippen MR) is 85.0 cm³/mol. The van der Waals surface area contributed by atoms with Crippen molar-refractivity contribution in [2.24, 2.45) is 0 Å². The Morgan fingerprint density at radius 2 is 1.96 bits per heavy atom. The number of aromatic nitrogens is 1. The SMILES string of the molecule is CS(=O)(=O)c1cccc(-c2cc(C(F)(F)F)cnc2OCCCO)c1. The average Bonchev–Trinajstić information content (AvgIpc) is 2.53. The molecule has 0 radical (unpaired) electrons. The molecule has 1 aromatic carbocycles. The third-order valence-corrected chi connectivity index (χ3v) is 4.40. The Kier molecular flexibility index (Phi) is 5.69. The Balaban J connectivity index is 2.56. The summed E-state index contributed by atoms with van der Waals surface area (Å²) in [5.41, 5.74) is -0.708. The van der Waals surface area contributed by atoms with Gasteiger partial charge in [-0.3, -0.25) is 0 Å². The third-order valence-electron chi connectivity index (χ3n) is 3.29. The van der Waals surface area contributed by atoms with Gasteiger partial charge in [0.15, 0.2) is 9.84 Å². The molecule has 0 aliphatic rings. The van der Waals surface area contributed by atoms with Gasteiger partial charge in [0, 0.05) is 31.0 Å². The molecule has 0 atom stereocenters. The normalized spacial score (nSPS) is 12.2. The van der Waals surface area contributed by atoms with Gasteiger partial charge in [0.1, 0.15) is 0 Å². The van der Waals surface area contributed by atoms with E-state index in [4.69, 9.17) is 9.84 Å². The summed E-state index contributed by atoms with van der Waals surface area (Å²) in [6.07, 6.45) is -2.65. The van der Waals surface area contributed by atoms with E-state index in [0.29, 0.717) is 6.20 Å². The number of benzene rings is 1. The van der Waals surface area contributed by atoms with Gasteiger partial charge in [-0.2, -0.15) is 13.2 Å². The second-order valence-electron chi connectivity index (χ2n) is 5.30. The van der Waals surface area contributed by atoms with Crippen molar-refractivity contribution in [3.05, 3.63) is 42.1 Å². The highest BCUT2D eigenvalue weighted by Crippen LogP contribution is 2.36. The number of rotatable bonds is 6. The van der Waals surface area contributed by atoms with Crippen LogP contribution in [0.25, 0.3) is 11.1 Å². The quantitative estimate of drug-likeness (QED) is 0.786. The van der Waals surface area contributed by atoms with Crippen LogP contribution in [0.15, 0.2) is 41.4 Å². The molecule has 0 bridgehead atoms. The molecule has 25 heavy (non-hydrogen) atoms. The van der Waals surface area contributed by atoms with Crippen molar-refractivity contribution < 1.29 is 31.4 Å². The van der Waals surface area contributed by atoms with Gasteiger partial charge in [-0.05, 0) is 23.8 Å². The van der Waals surface area contributed by atoms with E-state index in [0.717, 1.165) is 12.3 Å². The lowest BCUT2D eigenvalue weighted by atomic mass is 10.1. The summed E-state index contributed by atoms with van der Waals surface area (Å²) in [6, 6.07) is 6.40. The van der Waals surface area contributed by atoms with E-state index in [-0.39, 0.29) is 41.5 Å². The first kappa shape index (κ1) is 19.2. The summed E-state index contributed by atoms with van der Waals surface area (Å²) in [5, 5.41) is 8.79. The van der Waals surface area contributed by atoms with Crippen LogP contribution in [0, 0.1) is 0 Å². The van der Waals surface area contributed by atoms with Gasteiger partial charge < -0.3 is 9.84 Å². The first-order valence-electron chi connectivity index (χ1n) is 7.24. The number of aliphatic hydroxyl groups is 1. The maximum atomic E-state index is 13.0. The molecule has 0 saturated heterocycles. The fourth-order valence-electron chi connectivity index (χ4n) is 2.06. The number of hydrogen-bond donors (Lipinski definition) is 1. The minimum Gasteiger partial charge on any atom is -0.477 e. The van der Waals surface area contributed by atoms with Gasteiger partial charge in [-0.25, -0.2) is 13.4 Å². The van der Waals surface area contributed by atoms with Crippen molar-refractivity contribution in [2.45, 2.75) is 17.5 Å². The van der Waals surface area contributed by atoms with Gasteiger partial charge in [0.05, 0.1) is 17.1 Å². The smallest absolute Gasteiger partial charge is 0.417 e. The number of alkyl halides is 3. The Bertz CT molecular complexity index is 851. The molecule has 1 N–H and O–H groups in total. The standard InChI is InChI=1S/C16H16F3NO4S/c1-25(22,23)13-5-2-4-11(8-13)14-9-12(16(17,18)19)10-20-15(14)24-7-3-6-21/h2,4-5,8-10,21H,3,6-7H2,1H3. The Morgan fingerprint density at radius 1 is 1.24 bits per heavy atom. The predicted octanol–water partition coefficient (Wildman–Crippen LogP) is 2.93. The lowest BCUT2D eigenvalue weighted by Gasteiger charge is -2.14. The molecular weight excluding hydrogens is 359 g/mol. The Hall–Kier alpha value is -2.13. The van der Waals surface area contributed by atoms with Crippen molar-refractivity contribution in [1.82, 2.24) is 4.98 Å². The monoisotopic (exact) mass is 375 g/mol. The number of halogens is 3. The molecule has 0 fully saturated rings. The maximum absolute atomic E-state index is 13.0. The van der Waals surface area contributed by atoms with Crippen molar-refractivity contribution in [1.29, 1.82) is 0 Å². The van der Waals surface area contributed by atoms with Crippen LogP contribution in [0.1, 0.15) is 12.0 Å². The van der Waals surface area contributed by atoms with Gasteiger partial charge in [-0.15, -0.1) is 0 Å². The molecule has 1 aromatic heterocycles. The van der Waals surface area contributed by atoms with Crippen LogP contribution in [0.4, 0.5) is 13.2 Å². The molecule has 0 saturated carbocycles. The molecular formula is C16H16F3NO4S. The van der Waals surface area contributed by atoms with Crippen LogP contribution in [0.3, 0.4) is 0 Å². The lowest BCUT2D eigenvalue weighted by Crippen LogP contribution is -2.08. The molecule has 0 aliphatic heterocycles. The summed E-state index contributed by atoms with van der Waals surface area (Å²) in [6.45, 7) is -0.0762. The molecule has 1 heterocycles. The number of hydrogen-bond acceptors (Lipinski definition) is 5. The highest BCUT2D eigenvalue weighted by Gasteiger charge is 2.32. The van der Waals surface area contributed by atoms with E-state index >= 15 is 0 Å². The summed E-state index contributed by atoms with van der Waals surface area (Å²) in [7, 11) is -3.52. The third kappa shape index (κ3) is 4.93. The van der Waals surface area contributed by atoms with Crippen LogP contribution < -0.4 is 4.74 Å². The zero-order valence-corrected chi connectivity index (χ0v) is 14.1. The molecule has 2 rings (SSSR count). The topological polar surface area (TPSA) is 76.5 Å². The van der Waals surface area contributed by atoms with Gasteiger partial charge in [-0.1, -0.05) is 12.1 Å². The van der Waals surface area contributed by atoms with E-state index in [1.165, 1.54) is 24.3 Å². The zero-order chi connectivity index (χ0) is 18.7. The van der Waals surface area contributed by atoms with Crippen molar-refractivity contribution in [3.8, 4) is 17.0 Å². The van der Waals surface area contributed by atoms with Crippen LogP contribution >= 0.6 is 0 Å². The Morgan fingerprint density at radius 3 is 2.56 bits per heavy atom. The van der Waals surface area contributed by atoms with E-state index in [1.54, 1.807) is 0 Å². The molecule has 5 nitrogen and oxygen atoms in total. The van der Waals surface area contributed by atoms with E-state index in [9.17, 15) is 21.6 Å². The molecule has 2 aromatic rings. The number of aliphatic hydroxyl groups excluding tert-OH is 1. The second kappa shape index (κ2) is 7.40. The van der Waals surface area contributed by atoms with Crippen LogP contribution in [-0.2, 0) is 16.0 Å². The number of nitrogens with zero attached hydrogens (tertiary/aromatic N) is 1.